The maximum absolute atomic E-state index is 12.2. The van der Waals surface area contributed by atoms with Crippen molar-refractivity contribution < 1.29 is 14.3 Å². The monoisotopic (exact) mass is 238 g/mol. The van der Waals surface area contributed by atoms with Gasteiger partial charge in [-0.3, -0.25) is 4.79 Å². The number of hydrogen-bond donors (Lipinski definition) is 1. The zero-order valence-corrected chi connectivity index (χ0v) is 9.46. The Balaban J connectivity index is 2.03. The third-order valence-corrected chi connectivity index (χ3v) is 2.78. The van der Waals surface area contributed by atoms with Crippen LogP contribution < -0.4 is 0 Å². The molecule has 0 saturated heterocycles. The SMILES string of the molecule is O=C(c1ccc(O)cc1)c1cc2ccccc2o1. The summed E-state index contributed by atoms with van der Waals surface area (Å²) in [5.41, 5.74) is 1.19. The lowest BCUT2D eigenvalue weighted by atomic mass is 10.1. The lowest BCUT2D eigenvalue weighted by Gasteiger charge is -1.97. The summed E-state index contributed by atoms with van der Waals surface area (Å²) in [6.45, 7) is 0. The van der Waals surface area contributed by atoms with E-state index in [1.165, 1.54) is 12.1 Å². The molecule has 3 rings (SSSR count). The van der Waals surface area contributed by atoms with Crippen LogP contribution >= 0.6 is 0 Å². The Kier molecular flexibility index (Phi) is 2.38. The molecule has 1 aromatic heterocycles. The zero-order valence-electron chi connectivity index (χ0n) is 9.46. The molecule has 88 valence electrons. The predicted molar refractivity (Wildman–Crippen MR) is 67.8 cm³/mol. The molecular weight excluding hydrogens is 228 g/mol. The van der Waals surface area contributed by atoms with E-state index in [0.29, 0.717) is 16.9 Å². The minimum Gasteiger partial charge on any atom is -0.508 e. The van der Waals surface area contributed by atoms with Gasteiger partial charge in [0.2, 0.25) is 5.78 Å². The molecule has 0 atom stereocenters. The molecular formula is C15H10O3. The molecule has 0 unspecified atom stereocenters. The predicted octanol–water partition coefficient (Wildman–Crippen LogP) is 3.37. The first kappa shape index (κ1) is 10.6. The molecule has 0 bridgehead atoms. The average molecular weight is 238 g/mol. The summed E-state index contributed by atoms with van der Waals surface area (Å²) in [6, 6.07) is 15.3. The van der Waals surface area contributed by atoms with Gasteiger partial charge in [0.1, 0.15) is 11.3 Å². The average Bonchev–Trinajstić information content (AvgIpc) is 2.82. The van der Waals surface area contributed by atoms with Crippen LogP contribution in [-0.4, -0.2) is 10.9 Å². The van der Waals surface area contributed by atoms with E-state index in [9.17, 15) is 9.90 Å². The molecule has 0 aliphatic rings. The van der Waals surface area contributed by atoms with Crippen LogP contribution in [0.4, 0.5) is 0 Å². The van der Waals surface area contributed by atoms with Gasteiger partial charge in [-0.25, -0.2) is 0 Å². The van der Waals surface area contributed by atoms with Crippen LogP contribution in [0.1, 0.15) is 16.1 Å². The molecule has 3 nitrogen and oxygen atoms in total. The molecule has 0 fully saturated rings. The van der Waals surface area contributed by atoms with E-state index in [1.807, 2.05) is 24.3 Å². The van der Waals surface area contributed by atoms with Gasteiger partial charge in [-0.2, -0.15) is 0 Å². The van der Waals surface area contributed by atoms with Gasteiger partial charge < -0.3 is 9.52 Å². The number of furan rings is 1. The second kappa shape index (κ2) is 4.04. The molecule has 0 amide bonds. The quantitative estimate of drug-likeness (QED) is 0.696. The number of rotatable bonds is 2. The number of benzene rings is 2. The maximum Gasteiger partial charge on any atom is 0.228 e. The normalized spacial score (nSPS) is 10.7. The highest BCUT2D eigenvalue weighted by Crippen LogP contribution is 2.21. The van der Waals surface area contributed by atoms with E-state index in [4.69, 9.17) is 4.42 Å². The number of phenolic OH excluding ortho intramolecular Hbond substituents is 1. The van der Waals surface area contributed by atoms with Gasteiger partial charge in [0, 0.05) is 10.9 Å². The van der Waals surface area contributed by atoms with E-state index < -0.39 is 0 Å². The first-order valence-corrected chi connectivity index (χ1v) is 5.56. The second-order valence-corrected chi connectivity index (χ2v) is 4.02. The Hall–Kier alpha value is -2.55. The first-order chi connectivity index (χ1) is 8.74. The number of hydrogen-bond acceptors (Lipinski definition) is 3. The third kappa shape index (κ3) is 1.76. The Morgan fingerprint density at radius 3 is 2.44 bits per heavy atom. The van der Waals surface area contributed by atoms with Gasteiger partial charge in [-0.05, 0) is 36.4 Å². The molecule has 2 aromatic carbocycles. The number of aromatic hydroxyl groups is 1. The fourth-order valence-corrected chi connectivity index (χ4v) is 1.85. The topological polar surface area (TPSA) is 50.4 Å². The van der Waals surface area contributed by atoms with Crippen molar-refractivity contribution in [2.24, 2.45) is 0 Å². The Labute approximate surface area is 103 Å². The summed E-state index contributed by atoms with van der Waals surface area (Å²) in [6.07, 6.45) is 0. The minimum absolute atomic E-state index is 0.135. The fourth-order valence-electron chi connectivity index (χ4n) is 1.85. The van der Waals surface area contributed by atoms with Gasteiger partial charge in [0.05, 0.1) is 0 Å². The van der Waals surface area contributed by atoms with Crippen molar-refractivity contribution in [3.05, 3.63) is 65.9 Å². The number of carbonyl (C=O) groups excluding carboxylic acids is 1. The van der Waals surface area contributed by atoms with E-state index in [-0.39, 0.29) is 11.5 Å². The summed E-state index contributed by atoms with van der Waals surface area (Å²) >= 11 is 0. The maximum atomic E-state index is 12.2. The molecule has 0 aliphatic heterocycles. The largest absolute Gasteiger partial charge is 0.508 e. The van der Waals surface area contributed by atoms with Crippen molar-refractivity contribution in [1.29, 1.82) is 0 Å². The van der Waals surface area contributed by atoms with Gasteiger partial charge in [0.25, 0.3) is 0 Å². The number of phenols is 1. The summed E-state index contributed by atoms with van der Waals surface area (Å²) < 4.78 is 5.50. The van der Waals surface area contributed by atoms with Gasteiger partial charge >= 0.3 is 0 Å². The lowest BCUT2D eigenvalue weighted by molar-refractivity contribution is 0.101. The van der Waals surface area contributed by atoms with Crippen LogP contribution in [0.2, 0.25) is 0 Å². The minimum atomic E-state index is -0.189. The molecule has 0 spiro atoms. The third-order valence-electron chi connectivity index (χ3n) is 2.78. The molecule has 3 aromatic rings. The molecule has 1 N–H and O–H groups in total. The van der Waals surface area contributed by atoms with Crippen LogP contribution in [-0.2, 0) is 0 Å². The Morgan fingerprint density at radius 1 is 1.00 bits per heavy atom. The van der Waals surface area contributed by atoms with Crippen molar-refractivity contribution >= 4 is 16.8 Å². The van der Waals surface area contributed by atoms with Gasteiger partial charge in [0.15, 0.2) is 5.76 Å². The second-order valence-electron chi connectivity index (χ2n) is 4.02. The summed E-state index contributed by atoms with van der Waals surface area (Å²) in [4.78, 5) is 12.2. The summed E-state index contributed by atoms with van der Waals surface area (Å²) in [5, 5.41) is 10.1. The standard InChI is InChI=1S/C15H10O3/c16-12-7-5-10(6-8-12)15(17)14-9-11-3-1-2-4-13(11)18-14/h1-9,16H. The van der Waals surface area contributed by atoms with Crippen LogP contribution in [0.3, 0.4) is 0 Å². The first-order valence-electron chi connectivity index (χ1n) is 5.56. The Morgan fingerprint density at radius 2 is 1.72 bits per heavy atom. The molecule has 3 heteroatoms. The van der Waals surface area contributed by atoms with E-state index in [0.717, 1.165) is 5.39 Å². The number of ketones is 1. The van der Waals surface area contributed by atoms with Crippen LogP contribution in [0.15, 0.2) is 59.0 Å². The zero-order chi connectivity index (χ0) is 12.5. The van der Waals surface area contributed by atoms with Crippen molar-refractivity contribution in [3.8, 4) is 5.75 Å². The van der Waals surface area contributed by atoms with Crippen molar-refractivity contribution in [3.63, 3.8) is 0 Å². The van der Waals surface area contributed by atoms with E-state index >= 15 is 0 Å². The van der Waals surface area contributed by atoms with Crippen LogP contribution in [0.5, 0.6) is 5.75 Å². The highest BCUT2D eigenvalue weighted by Gasteiger charge is 2.14. The molecule has 1 heterocycles. The van der Waals surface area contributed by atoms with E-state index in [1.54, 1.807) is 18.2 Å². The molecule has 0 saturated carbocycles. The van der Waals surface area contributed by atoms with Crippen molar-refractivity contribution in [1.82, 2.24) is 0 Å². The van der Waals surface area contributed by atoms with Gasteiger partial charge in [-0.1, -0.05) is 18.2 Å². The number of carbonyl (C=O) groups is 1. The highest BCUT2D eigenvalue weighted by atomic mass is 16.3. The lowest BCUT2D eigenvalue weighted by Crippen LogP contribution is -1.98. The summed E-state index contributed by atoms with van der Waals surface area (Å²) in [7, 11) is 0. The highest BCUT2D eigenvalue weighted by molar-refractivity contribution is 6.09. The molecule has 0 aliphatic carbocycles. The summed E-state index contributed by atoms with van der Waals surface area (Å²) in [5.74, 6) is 0.254. The molecule has 0 radical (unpaired) electrons. The smallest absolute Gasteiger partial charge is 0.228 e. The van der Waals surface area contributed by atoms with Gasteiger partial charge in [-0.15, -0.1) is 0 Å². The van der Waals surface area contributed by atoms with E-state index in [2.05, 4.69) is 0 Å². The van der Waals surface area contributed by atoms with Crippen LogP contribution in [0, 0.1) is 0 Å². The number of fused-ring (bicyclic) bond motifs is 1. The fraction of sp³-hybridized carbons (Fsp3) is 0. The molecule has 18 heavy (non-hydrogen) atoms. The van der Waals surface area contributed by atoms with Crippen molar-refractivity contribution in [2.75, 3.05) is 0 Å². The Bertz CT molecular complexity index is 675. The van der Waals surface area contributed by atoms with Crippen molar-refractivity contribution in [2.45, 2.75) is 0 Å². The number of para-hydroxylation sites is 1. The van der Waals surface area contributed by atoms with Crippen LogP contribution in [0.25, 0.3) is 11.0 Å².